The number of benzene rings is 2. The minimum Gasteiger partial charge on any atom is -0.255 e. The standard InChI is InChI=1S/C18H17ClN2O2S2/c1-12-6-3-4-7-14(12)10-15-11-24-18(20-15)21-25(22,23)17-9-5-8-16(19)13(17)2/h3-9,11H,10H2,1-2H3,(H,20,21). The molecule has 0 aliphatic rings. The van der Waals surface area contributed by atoms with E-state index in [1.165, 1.54) is 28.5 Å². The summed E-state index contributed by atoms with van der Waals surface area (Å²) >= 11 is 7.30. The summed E-state index contributed by atoms with van der Waals surface area (Å²) in [6.45, 7) is 3.73. The van der Waals surface area contributed by atoms with E-state index in [1.807, 2.05) is 36.6 Å². The van der Waals surface area contributed by atoms with Gasteiger partial charge in [0.2, 0.25) is 0 Å². The summed E-state index contributed by atoms with van der Waals surface area (Å²) in [6.07, 6.45) is 0.668. The lowest BCUT2D eigenvalue weighted by atomic mass is 10.1. The van der Waals surface area contributed by atoms with E-state index in [0.29, 0.717) is 22.1 Å². The normalized spacial score (nSPS) is 11.5. The van der Waals surface area contributed by atoms with Crippen LogP contribution in [0.4, 0.5) is 5.13 Å². The quantitative estimate of drug-likeness (QED) is 0.678. The molecule has 1 heterocycles. The Kier molecular flexibility index (Phi) is 5.13. The van der Waals surface area contributed by atoms with Crippen LogP contribution in [-0.4, -0.2) is 13.4 Å². The van der Waals surface area contributed by atoms with Crippen LogP contribution in [0.25, 0.3) is 0 Å². The van der Waals surface area contributed by atoms with Crippen LogP contribution >= 0.6 is 22.9 Å². The van der Waals surface area contributed by atoms with Gasteiger partial charge in [-0.15, -0.1) is 11.3 Å². The minimum absolute atomic E-state index is 0.163. The number of aromatic nitrogens is 1. The zero-order valence-electron chi connectivity index (χ0n) is 13.8. The molecule has 7 heteroatoms. The predicted octanol–water partition coefficient (Wildman–Crippen LogP) is 4.80. The summed E-state index contributed by atoms with van der Waals surface area (Å²) < 4.78 is 27.7. The molecule has 1 N–H and O–H groups in total. The zero-order chi connectivity index (χ0) is 18.0. The zero-order valence-corrected chi connectivity index (χ0v) is 16.2. The van der Waals surface area contributed by atoms with Gasteiger partial charge < -0.3 is 0 Å². The first-order valence-corrected chi connectivity index (χ1v) is 10.4. The number of hydrogen-bond acceptors (Lipinski definition) is 4. The first-order valence-electron chi connectivity index (χ1n) is 7.63. The molecule has 0 saturated carbocycles. The molecule has 4 nitrogen and oxygen atoms in total. The van der Waals surface area contributed by atoms with Crippen molar-refractivity contribution in [2.24, 2.45) is 0 Å². The second-order valence-electron chi connectivity index (χ2n) is 5.72. The van der Waals surface area contributed by atoms with E-state index < -0.39 is 10.0 Å². The molecule has 0 atom stereocenters. The van der Waals surface area contributed by atoms with Crippen LogP contribution in [0.1, 0.15) is 22.4 Å². The lowest BCUT2D eigenvalue weighted by Gasteiger charge is -2.09. The van der Waals surface area contributed by atoms with Crippen molar-refractivity contribution in [3.05, 3.63) is 75.3 Å². The number of rotatable bonds is 5. The van der Waals surface area contributed by atoms with Gasteiger partial charge in [0.15, 0.2) is 5.13 Å². The second kappa shape index (κ2) is 7.15. The summed E-state index contributed by atoms with van der Waals surface area (Å²) in [5.41, 5.74) is 3.72. The van der Waals surface area contributed by atoms with Crippen molar-refractivity contribution in [3.8, 4) is 0 Å². The lowest BCUT2D eigenvalue weighted by Crippen LogP contribution is -2.14. The number of sulfonamides is 1. The maximum absolute atomic E-state index is 12.6. The van der Waals surface area contributed by atoms with E-state index in [-0.39, 0.29) is 4.90 Å². The van der Waals surface area contributed by atoms with Crippen LogP contribution < -0.4 is 4.72 Å². The van der Waals surface area contributed by atoms with Gasteiger partial charge in [-0.2, -0.15) is 0 Å². The molecule has 130 valence electrons. The summed E-state index contributed by atoms with van der Waals surface area (Å²) in [7, 11) is -3.72. The Labute approximate surface area is 156 Å². The molecule has 0 spiro atoms. The fraction of sp³-hybridized carbons (Fsp3) is 0.167. The fourth-order valence-electron chi connectivity index (χ4n) is 2.49. The Bertz CT molecular complexity index is 1010. The first-order chi connectivity index (χ1) is 11.9. The number of aryl methyl sites for hydroxylation is 1. The van der Waals surface area contributed by atoms with E-state index in [9.17, 15) is 8.42 Å². The Balaban J connectivity index is 1.81. The smallest absolute Gasteiger partial charge is 0.255 e. The topological polar surface area (TPSA) is 59.1 Å². The van der Waals surface area contributed by atoms with Crippen molar-refractivity contribution < 1.29 is 8.42 Å². The number of hydrogen-bond donors (Lipinski definition) is 1. The second-order valence-corrected chi connectivity index (χ2v) is 8.63. The number of nitrogens with zero attached hydrogens (tertiary/aromatic N) is 1. The highest BCUT2D eigenvalue weighted by molar-refractivity contribution is 7.93. The van der Waals surface area contributed by atoms with E-state index in [4.69, 9.17) is 11.6 Å². The summed E-state index contributed by atoms with van der Waals surface area (Å²) in [4.78, 5) is 4.57. The third kappa shape index (κ3) is 4.03. The molecular formula is C18H17ClN2O2S2. The van der Waals surface area contributed by atoms with Gasteiger partial charge in [-0.1, -0.05) is 41.9 Å². The van der Waals surface area contributed by atoms with E-state index in [1.54, 1.807) is 19.1 Å². The molecule has 1 aromatic heterocycles. The van der Waals surface area contributed by atoms with Crippen molar-refractivity contribution in [1.29, 1.82) is 0 Å². The van der Waals surface area contributed by atoms with Crippen LogP contribution in [0.5, 0.6) is 0 Å². The number of nitrogens with one attached hydrogen (secondary N) is 1. The highest BCUT2D eigenvalue weighted by atomic mass is 35.5. The molecule has 0 aliphatic carbocycles. The predicted molar refractivity (Wildman–Crippen MR) is 103 cm³/mol. The van der Waals surface area contributed by atoms with Crippen LogP contribution in [-0.2, 0) is 16.4 Å². The number of thiazole rings is 1. The molecule has 0 unspecified atom stereocenters. The van der Waals surface area contributed by atoms with Crippen LogP contribution in [0.15, 0.2) is 52.7 Å². The van der Waals surface area contributed by atoms with Gasteiger partial charge in [0.05, 0.1) is 10.6 Å². The first kappa shape index (κ1) is 17.9. The van der Waals surface area contributed by atoms with Gasteiger partial charge in [-0.3, -0.25) is 4.72 Å². The third-order valence-corrected chi connectivity index (χ3v) is 6.74. The van der Waals surface area contributed by atoms with E-state index >= 15 is 0 Å². The van der Waals surface area contributed by atoms with E-state index in [0.717, 1.165) is 5.69 Å². The Hall–Kier alpha value is -1.89. The highest BCUT2D eigenvalue weighted by Crippen LogP contribution is 2.26. The van der Waals surface area contributed by atoms with Gasteiger partial charge in [-0.05, 0) is 42.7 Å². The molecule has 2 aromatic carbocycles. The molecule has 0 saturated heterocycles. The monoisotopic (exact) mass is 392 g/mol. The average Bonchev–Trinajstić information content (AvgIpc) is 2.98. The summed E-state index contributed by atoms with van der Waals surface area (Å²) in [5.74, 6) is 0. The largest absolute Gasteiger partial charge is 0.263 e. The van der Waals surface area contributed by atoms with Crippen molar-refractivity contribution in [3.63, 3.8) is 0 Å². The summed E-state index contributed by atoms with van der Waals surface area (Å²) in [5, 5.41) is 2.64. The molecule has 3 rings (SSSR count). The fourth-order valence-corrected chi connectivity index (χ4v) is 4.95. The molecule has 0 amide bonds. The lowest BCUT2D eigenvalue weighted by molar-refractivity contribution is 0.600. The van der Waals surface area contributed by atoms with Crippen molar-refractivity contribution in [2.45, 2.75) is 25.2 Å². The average molecular weight is 393 g/mol. The van der Waals surface area contributed by atoms with Crippen molar-refractivity contribution in [2.75, 3.05) is 4.72 Å². The highest BCUT2D eigenvalue weighted by Gasteiger charge is 2.19. The van der Waals surface area contributed by atoms with Crippen LogP contribution in [0.2, 0.25) is 5.02 Å². The SMILES string of the molecule is Cc1ccccc1Cc1csc(NS(=O)(=O)c2cccc(Cl)c2C)n1. The Morgan fingerprint density at radius 2 is 1.88 bits per heavy atom. The van der Waals surface area contributed by atoms with E-state index in [2.05, 4.69) is 9.71 Å². The molecule has 0 fully saturated rings. The van der Waals surface area contributed by atoms with Gasteiger partial charge in [-0.25, -0.2) is 13.4 Å². The van der Waals surface area contributed by atoms with Gasteiger partial charge >= 0.3 is 0 Å². The number of halogens is 1. The van der Waals surface area contributed by atoms with Gasteiger partial charge in [0.25, 0.3) is 10.0 Å². The minimum atomic E-state index is -3.72. The Morgan fingerprint density at radius 3 is 2.64 bits per heavy atom. The molecule has 0 radical (unpaired) electrons. The number of anilines is 1. The third-order valence-electron chi connectivity index (χ3n) is 3.91. The maximum atomic E-state index is 12.6. The van der Waals surface area contributed by atoms with Crippen molar-refractivity contribution in [1.82, 2.24) is 4.98 Å². The van der Waals surface area contributed by atoms with Crippen molar-refractivity contribution >= 4 is 38.1 Å². The van der Waals surface area contributed by atoms with Gasteiger partial charge in [0, 0.05) is 16.8 Å². The molecule has 25 heavy (non-hydrogen) atoms. The molecular weight excluding hydrogens is 376 g/mol. The molecule has 3 aromatic rings. The molecule has 0 bridgehead atoms. The molecule has 0 aliphatic heterocycles. The van der Waals surface area contributed by atoms with Gasteiger partial charge in [0.1, 0.15) is 0 Å². The Morgan fingerprint density at radius 1 is 1.12 bits per heavy atom. The van der Waals surface area contributed by atoms with Crippen LogP contribution in [0, 0.1) is 13.8 Å². The summed E-state index contributed by atoms with van der Waals surface area (Å²) in [6, 6.07) is 12.9. The maximum Gasteiger partial charge on any atom is 0.263 e. The van der Waals surface area contributed by atoms with Crippen LogP contribution in [0.3, 0.4) is 0 Å².